The highest BCUT2D eigenvalue weighted by molar-refractivity contribution is 7.89. The minimum atomic E-state index is -3.68. The van der Waals surface area contributed by atoms with Gasteiger partial charge in [-0.05, 0) is 30.5 Å². The maximum atomic E-state index is 12.0. The molecule has 110 valence electrons. The Morgan fingerprint density at radius 2 is 2.10 bits per heavy atom. The van der Waals surface area contributed by atoms with Crippen molar-refractivity contribution in [2.24, 2.45) is 5.92 Å². The minimum absolute atomic E-state index is 0.000497. The van der Waals surface area contributed by atoms with Crippen molar-refractivity contribution < 1.29 is 13.5 Å². The Balaban J connectivity index is 2.75. The Hall–Kier alpha value is -1.13. The van der Waals surface area contributed by atoms with Crippen molar-refractivity contribution in [3.63, 3.8) is 0 Å². The van der Waals surface area contributed by atoms with Gasteiger partial charge in [0.25, 0.3) is 0 Å². The van der Waals surface area contributed by atoms with Crippen molar-refractivity contribution in [3.8, 4) is 6.07 Å². The molecule has 1 aromatic rings. The molecule has 0 aliphatic heterocycles. The van der Waals surface area contributed by atoms with Gasteiger partial charge in [-0.3, -0.25) is 0 Å². The van der Waals surface area contributed by atoms with Crippen LogP contribution in [0.5, 0.6) is 0 Å². The summed E-state index contributed by atoms with van der Waals surface area (Å²) in [5.41, 5.74) is 0.223. The van der Waals surface area contributed by atoms with Crippen LogP contribution in [0.3, 0.4) is 0 Å². The summed E-state index contributed by atoms with van der Waals surface area (Å²) in [7, 11) is -3.68. The van der Waals surface area contributed by atoms with E-state index in [1.165, 1.54) is 18.2 Å². The average Bonchev–Trinajstić information content (AvgIpc) is 2.38. The molecular formula is C13H17ClN2O3S. The van der Waals surface area contributed by atoms with Crippen LogP contribution in [-0.2, 0) is 10.0 Å². The van der Waals surface area contributed by atoms with E-state index in [-0.39, 0.29) is 27.9 Å². The lowest BCUT2D eigenvalue weighted by molar-refractivity contribution is 0.118. The zero-order chi connectivity index (χ0) is 15.3. The summed E-state index contributed by atoms with van der Waals surface area (Å²) in [5, 5.41) is 18.4. The van der Waals surface area contributed by atoms with E-state index >= 15 is 0 Å². The predicted molar refractivity (Wildman–Crippen MR) is 76.8 cm³/mol. The lowest BCUT2D eigenvalue weighted by Crippen LogP contribution is -2.28. The minimum Gasteiger partial charge on any atom is -0.393 e. The highest BCUT2D eigenvalue weighted by Crippen LogP contribution is 2.20. The maximum Gasteiger partial charge on any atom is 0.240 e. The quantitative estimate of drug-likeness (QED) is 0.838. The highest BCUT2D eigenvalue weighted by atomic mass is 35.5. The van der Waals surface area contributed by atoms with E-state index in [0.29, 0.717) is 6.42 Å². The summed E-state index contributed by atoms with van der Waals surface area (Å²) in [6.45, 7) is 3.86. The summed E-state index contributed by atoms with van der Waals surface area (Å²) in [4.78, 5) is 0.000497. The number of aliphatic hydroxyl groups is 1. The Morgan fingerprint density at radius 1 is 1.45 bits per heavy atom. The molecule has 1 atom stereocenters. The van der Waals surface area contributed by atoms with Crippen molar-refractivity contribution in [1.82, 2.24) is 4.72 Å². The van der Waals surface area contributed by atoms with Gasteiger partial charge in [0.05, 0.1) is 21.6 Å². The third-order valence-corrected chi connectivity index (χ3v) is 4.64. The number of aliphatic hydroxyl groups excluding tert-OH is 1. The average molecular weight is 317 g/mol. The Labute approximate surface area is 124 Å². The second kappa shape index (κ2) is 7.04. The van der Waals surface area contributed by atoms with E-state index in [2.05, 4.69) is 4.72 Å². The van der Waals surface area contributed by atoms with Crippen LogP contribution < -0.4 is 4.72 Å². The lowest BCUT2D eigenvalue weighted by Gasteiger charge is -2.14. The van der Waals surface area contributed by atoms with Gasteiger partial charge in [0.2, 0.25) is 10.0 Å². The molecule has 0 aromatic heterocycles. The number of benzene rings is 1. The fourth-order valence-electron chi connectivity index (χ4n) is 1.51. The van der Waals surface area contributed by atoms with Gasteiger partial charge in [0.1, 0.15) is 6.07 Å². The molecule has 1 aromatic carbocycles. The first-order valence-electron chi connectivity index (χ1n) is 6.15. The first-order chi connectivity index (χ1) is 9.27. The number of halogens is 1. The number of hydrogen-bond donors (Lipinski definition) is 2. The summed E-state index contributed by atoms with van der Waals surface area (Å²) < 4.78 is 26.4. The summed E-state index contributed by atoms with van der Waals surface area (Å²) in [6.07, 6.45) is -0.219. The van der Waals surface area contributed by atoms with Gasteiger partial charge < -0.3 is 5.11 Å². The van der Waals surface area contributed by atoms with Gasteiger partial charge in [-0.25, -0.2) is 13.1 Å². The fourth-order valence-corrected chi connectivity index (χ4v) is 2.87. The molecule has 5 nitrogen and oxygen atoms in total. The molecule has 0 bridgehead atoms. The number of nitrogens with zero attached hydrogens (tertiary/aromatic N) is 1. The van der Waals surface area contributed by atoms with Gasteiger partial charge in [0.15, 0.2) is 0 Å². The van der Waals surface area contributed by atoms with Gasteiger partial charge in [-0.2, -0.15) is 5.26 Å². The maximum absolute atomic E-state index is 12.0. The van der Waals surface area contributed by atoms with Crippen molar-refractivity contribution >= 4 is 21.6 Å². The van der Waals surface area contributed by atoms with Crippen LogP contribution in [0, 0.1) is 17.2 Å². The van der Waals surface area contributed by atoms with Crippen LogP contribution in [0.25, 0.3) is 0 Å². The molecule has 0 amide bonds. The van der Waals surface area contributed by atoms with E-state index in [4.69, 9.17) is 16.9 Å². The van der Waals surface area contributed by atoms with E-state index in [0.717, 1.165) is 0 Å². The van der Waals surface area contributed by atoms with Crippen molar-refractivity contribution in [2.45, 2.75) is 31.3 Å². The molecule has 2 N–H and O–H groups in total. The number of nitriles is 1. The molecule has 20 heavy (non-hydrogen) atoms. The third kappa shape index (κ3) is 4.46. The molecule has 1 unspecified atom stereocenters. The van der Waals surface area contributed by atoms with Crippen LogP contribution in [0.1, 0.15) is 25.8 Å². The molecule has 1 rings (SSSR count). The van der Waals surface area contributed by atoms with Crippen LogP contribution in [0.2, 0.25) is 5.02 Å². The van der Waals surface area contributed by atoms with E-state index < -0.39 is 16.1 Å². The predicted octanol–water partition coefficient (Wildman–Crippen LogP) is 1.90. The van der Waals surface area contributed by atoms with Crippen molar-refractivity contribution in [2.75, 3.05) is 6.54 Å². The molecule has 0 saturated heterocycles. The van der Waals surface area contributed by atoms with Gasteiger partial charge in [-0.1, -0.05) is 25.4 Å². The van der Waals surface area contributed by atoms with Crippen LogP contribution in [0.4, 0.5) is 0 Å². The number of nitrogens with one attached hydrogen (secondary N) is 1. The molecule has 0 aliphatic rings. The van der Waals surface area contributed by atoms with Crippen LogP contribution in [0.15, 0.2) is 23.1 Å². The van der Waals surface area contributed by atoms with E-state index in [9.17, 15) is 13.5 Å². The number of rotatable bonds is 6. The van der Waals surface area contributed by atoms with Crippen molar-refractivity contribution in [1.29, 1.82) is 5.26 Å². The zero-order valence-electron chi connectivity index (χ0n) is 11.3. The molecule has 0 heterocycles. The Bertz CT molecular complexity index is 609. The number of hydrogen-bond acceptors (Lipinski definition) is 4. The molecule has 0 radical (unpaired) electrons. The second-order valence-corrected chi connectivity index (χ2v) is 6.93. The molecule has 0 fully saturated rings. The van der Waals surface area contributed by atoms with Crippen LogP contribution in [-0.4, -0.2) is 26.2 Å². The van der Waals surface area contributed by atoms with E-state index in [1.54, 1.807) is 0 Å². The summed E-state index contributed by atoms with van der Waals surface area (Å²) in [6, 6.07) is 5.79. The topological polar surface area (TPSA) is 90.2 Å². The first-order valence-corrected chi connectivity index (χ1v) is 8.01. The van der Waals surface area contributed by atoms with Gasteiger partial charge >= 0.3 is 0 Å². The zero-order valence-corrected chi connectivity index (χ0v) is 12.9. The van der Waals surface area contributed by atoms with Gasteiger partial charge in [0, 0.05) is 6.54 Å². The lowest BCUT2D eigenvalue weighted by atomic mass is 10.1. The largest absolute Gasteiger partial charge is 0.393 e. The molecule has 0 aliphatic carbocycles. The second-order valence-electron chi connectivity index (χ2n) is 4.75. The van der Waals surface area contributed by atoms with Crippen molar-refractivity contribution in [3.05, 3.63) is 28.8 Å². The Morgan fingerprint density at radius 3 is 2.60 bits per heavy atom. The van der Waals surface area contributed by atoms with E-state index in [1.807, 2.05) is 19.9 Å². The smallest absolute Gasteiger partial charge is 0.240 e. The fraction of sp³-hybridized carbons (Fsp3) is 0.462. The molecule has 0 spiro atoms. The normalized spacial score (nSPS) is 13.2. The standard InChI is InChI=1S/C13H17ClN2O3S/c1-9(2)13(17)5-6-16-20(18,19)11-4-3-10(8-15)12(14)7-11/h3-4,7,9,13,16-17H,5-6H2,1-2H3. The highest BCUT2D eigenvalue weighted by Gasteiger charge is 2.16. The number of sulfonamides is 1. The summed E-state index contributed by atoms with van der Waals surface area (Å²) in [5.74, 6) is 0.0730. The third-order valence-electron chi connectivity index (χ3n) is 2.87. The molecular weight excluding hydrogens is 300 g/mol. The van der Waals surface area contributed by atoms with Crippen LogP contribution >= 0.6 is 11.6 Å². The summed E-state index contributed by atoms with van der Waals surface area (Å²) >= 11 is 5.81. The monoisotopic (exact) mass is 316 g/mol. The first kappa shape index (κ1) is 16.9. The molecule has 7 heteroatoms. The SMILES string of the molecule is CC(C)C(O)CCNS(=O)(=O)c1ccc(C#N)c(Cl)c1. The molecule has 0 saturated carbocycles. The Kier molecular flexibility index (Phi) is 5.96. The van der Waals surface area contributed by atoms with Gasteiger partial charge in [-0.15, -0.1) is 0 Å².